The lowest BCUT2D eigenvalue weighted by Crippen LogP contribution is -2.38. The van der Waals surface area contributed by atoms with Crippen LogP contribution in [0, 0.1) is 6.92 Å². The summed E-state index contributed by atoms with van der Waals surface area (Å²) in [6.07, 6.45) is -0.604. The van der Waals surface area contributed by atoms with Crippen LogP contribution in [0.4, 0.5) is 4.79 Å². The third-order valence-electron chi connectivity index (χ3n) is 2.51. The Bertz CT molecular complexity index is 398. The second-order valence-electron chi connectivity index (χ2n) is 4.23. The van der Waals surface area contributed by atoms with Gasteiger partial charge in [0.25, 0.3) is 0 Å². The number of aliphatic hydroxyl groups is 1. The molecule has 0 spiro atoms. The minimum absolute atomic E-state index is 0.223. The molecular weight excluding hydrogens is 246 g/mol. The number of hydrogen-bond donors (Lipinski definition) is 4. The highest BCUT2D eigenvalue weighted by Crippen LogP contribution is 2.15. The maximum Gasteiger partial charge on any atom is 0.312 e. The van der Waals surface area contributed by atoms with Gasteiger partial charge in [0.1, 0.15) is 18.5 Å². The molecule has 0 aliphatic rings. The van der Waals surface area contributed by atoms with E-state index in [-0.39, 0.29) is 6.61 Å². The van der Waals surface area contributed by atoms with Gasteiger partial charge in [-0.05, 0) is 18.6 Å². The Morgan fingerprint density at radius 2 is 2.16 bits per heavy atom. The molecule has 0 aliphatic carbocycles. The summed E-state index contributed by atoms with van der Waals surface area (Å²) < 4.78 is 5.51. The zero-order valence-electron chi connectivity index (χ0n) is 11.1. The molecule has 1 rings (SSSR count). The molecule has 1 aromatic rings. The van der Waals surface area contributed by atoms with Crippen LogP contribution in [0.1, 0.15) is 5.56 Å². The van der Waals surface area contributed by atoms with Gasteiger partial charge >= 0.3 is 6.03 Å². The van der Waals surface area contributed by atoms with E-state index in [0.717, 1.165) is 11.3 Å². The Morgan fingerprint density at radius 3 is 2.84 bits per heavy atom. The average Bonchev–Trinajstić information content (AvgIpc) is 2.37. The van der Waals surface area contributed by atoms with Gasteiger partial charge in [-0.1, -0.05) is 18.2 Å². The number of aliphatic hydroxyl groups excluding tert-OH is 1. The van der Waals surface area contributed by atoms with Crippen molar-refractivity contribution in [3.05, 3.63) is 29.8 Å². The smallest absolute Gasteiger partial charge is 0.312 e. The molecule has 1 atom stereocenters. The molecule has 0 bridgehead atoms. The maximum absolute atomic E-state index is 10.4. The van der Waals surface area contributed by atoms with Crippen LogP contribution in [-0.4, -0.2) is 43.5 Å². The molecule has 19 heavy (non-hydrogen) atoms. The summed E-state index contributed by atoms with van der Waals surface area (Å²) >= 11 is 0. The number of carbonyl (C=O) groups is 1. The molecular formula is C13H21N3O3. The number of aryl methyl sites for hydroxylation is 1. The van der Waals surface area contributed by atoms with E-state index in [1.54, 1.807) is 0 Å². The zero-order chi connectivity index (χ0) is 14.1. The van der Waals surface area contributed by atoms with Crippen molar-refractivity contribution >= 4 is 6.03 Å². The Balaban J connectivity index is 2.13. The molecule has 1 aromatic carbocycles. The number of amides is 2. The van der Waals surface area contributed by atoms with Crippen molar-refractivity contribution in [1.29, 1.82) is 0 Å². The van der Waals surface area contributed by atoms with Crippen molar-refractivity contribution in [3.8, 4) is 5.75 Å². The van der Waals surface area contributed by atoms with Gasteiger partial charge in [-0.25, -0.2) is 4.79 Å². The normalized spacial score (nSPS) is 11.9. The summed E-state index contributed by atoms with van der Waals surface area (Å²) in [5.41, 5.74) is 5.95. The van der Waals surface area contributed by atoms with Crippen molar-refractivity contribution < 1.29 is 14.6 Å². The monoisotopic (exact) mass is 267 g/mol. The number of ether oxygens (including phenoxy) is 1. The first-order valence-corrected chi connectivity index (χ1v) is 6.20. The summed E-state index contributed by atoms with van der Waals surface area (Å²) in [5, 5.41) is 15.1. The fraction of sp³-hybridized carbons (Fsp3) is 0.462. The van der Waals surface area contributed by atoms with Crippen LogP contribution in [0.2, 0.25) is 0 Å². The Kier molecular flexibility index (Phi) is 6.70. The number of hydrogen-bond acceptors (Lipinski definition) is 4. The number of para-hydroxylation sites is 1. The standard InChI is InChI=1S/C13H21N3O3/c1-10-4-2-3-5-12(10)19-9-11(17)8-15-6-7-16-13(14)18/h2-5,11,15,17H,6-9H2,1H3,(H3,14,16,18). The van der Waals surface area contributed by atoms with E-state index in [1.165, 1.54) is 0 Å². The quantitative estimate of drug-likeness (QED) is 0.498. The third kappa shape index (κ3) is 6.64. The molecule has 1 unspecified atom stereocenters. The fourth-order valence-corrected chi connectivity index (χ4v) is 1.51. The first-order valence-electron chi connectivity index (χ1n) is 6.20. The zero-order valence-corrected chi connectivity index (χ0v) is 11.1. The second kappa shape index (κ2) is 8.34. The van der Waals surface area contributed by atoms with E-state index in [2.05, 4.69) is 10.6 Å². The van der Waals surface area contributed by atoms with Crippen LogP contribution in [0.5, 0.6) is 5.75 Å². The van der Waals surface area contributed by atoms with Gasteiger partial charge in [-0.3, -0.25) is 0 Å². The second-order valence-corrected chi connectivity index (χ2v) is 4.23. The molecule has 0 fully saturated rings. The van der Waals surface area contributed by atoms with Crippen molar-refractivity contribution in [2.75, 3.05) is 26.2 Å². The van der Waals surface area contributed by atoms with Crippen LogP contribution in [0.25, 0.3) is 0 Å². The lowest BCUT2D eigenvalue weighted by Gasteiger charge is -2.14. The molecule has 0 heterocycles. The van der Waals surface area contributed by atoms with Crippen LogP contribution >= 0.6 is 0 Å². The average molecular weight is 267 g/mol. The van der Waals surface area contributed by atoms with Crippen LogP contribution in [0.15, 0.2) is 24.3 Å². The minimum Gasteiger partial charge on any atom is -0.491 e. The predicted molar refractivity (Wildman–Crippen MR) is 73.1 cm³/mol. The highest BCUT2D eigenvalue weighted by molar-refractivity contribution is 5.71. The van der Waals surface area contributed by atoms with E-state index in [9.17, 15) is 9.90 Å². The fourth-order valence-electron chi connectivity index (χ4n) is 1.51. The molecule has 0 saturated carbocycles. The number of nitrogens with two attached hydrogens (primary N) is 1. The van der Waals surface area contributed by atoms with Gasteiger partial charge in [-0.2, -0.15) is 0 Å². The van der Waals surface area contributed by atoms with Gasteiger partial charge in [-0.15, -0.1) is 0 Å². The summed E-state index contributed by atoms with van der Waals surface area (Å²) in [7, 11) is 0. The highest BCUT2D eigenvalue weighted by atomic mass is 16.5. The molecule has 0 radical (unpaired) electrons. The van der Waals surface area contributed by atoms with Gasteiger partial charge in [0.2, 0.25) is 0 Å². The molecule has 0 aromatic heterocycles. The topological polar surface area (TPSA) is 96.6 Å². The molecule has 106 valence electrons. The van der Waals surface area contributed by atoms with Crippen molar-refractivity contribution in [2.45, 2.75) is 13.0 Å². The Hall–Kier alpha value is -1.79. The molecule has 5 N–H and O–H groups in total. The van der Waals surface area contributed by atoms with E-state index < -0.39 is 12.1 Å². The number of benzene rings is 1. The molecule has 0 saturated heterocycles. The number of carbonyl (C=O) groups excluding carboxylic acids is 1. The van der Waals surface area contributed by atoms with E-state index in [1.807, 2.05) is 31.2 Å². The van der Waals surface area contributed by atoms with Crippen molar-refractivity contribution in [2.24, 2.45) is 5.73 Å². The number of primary amides is 1. The van der Waals surface area contributed by atoms with E-state index >= 15 is 0 Å². The number of rotatable bonds is 8. The lowest BCUT2D eigenvalue weighted by atomic mass is 10.2. The van der Waals surface area contributed by atoms with Gasteiger partial charge in [0, 0.05) is 19.6 Å². The first kappa shape index (κ1) is 15.3. The van der Waals surface area contributed by atoms with Gasteiger partial charge < -0.3 is 26.2 Å². The summed E-state index contributed by atoms with van der Waals surface area (Å²) in [5.74, 6) is 0.775. The van der Waals surface area contributed by atoms with E-state index in [4.69, 9.17) is 10.5 Å². The Morgan fingerprint density at radius 1 is 1.42 bits per heavy atom. The summed E-state index contributed by atoms with van der Waals surface area (Å²) in [4.78, 5) is 10.4. The van der Waals surface area contributed by atoms with Crippen LogP contribution in [-0.2, 0) is 0 Å². The van der Waals surface area contributed by atoms with Crippen LogP contribution in [0.3, 0.4) is 0 Å². The third-order valence-corrected chi connectivity index (χ3v) is 2.51. The SMILES string of the molecule is Cc1ccccc1OCC(O)CNCCNC(N)=O. The minimum atomic E-state index is -0.604. The lowest BCUT2D eigenvalue weighted by molar-refractivity contribution is 0.106. The largest absolute Gasteiger partial charge is 0.491 e. The van der Waals surface area contributed by atoms with Gasteiger partial charge in [0.05, 0.1) is 0 Å². The molecule has 6 nitrogen and oxygen atoms in total. The highest BCUT2D eigenvalue weighted by Gasteiger charge is 2.05. The van der Waals surface area contributed by atoms with Crippen molar-refractivity contribution in [1.82, 2.24) is 10.6 Å². The molecule has 6 heteroatoms. The number of urea groups is 1. The molecule has 2 amide bonds. The number of nitrogens with one attached hydrogen (secondary N) is 2. The predicted octanol–water partition coefficient (Wildman–Crippen LogP) is -0.00738. The van der Waals surface area contributed by atoms with E-state index in [0.29, 0.717) is 19.6 Å². The van der Waals surface area contributed by atoms with Crippen LogP contribution < -0.4 is 21.1 Å². The summed E-state index contributed by atoms with van der Waals surface area (Å²) in [6.45, 7) is 3.55. The summed E-state index contributed by atoms with van der Waals surface area (Å²) in [6, 6.07) is 7.10. The Labute approximate surface area is 112 Å². The van der Waals surface area contributed by atoms with Crippen molar-refractivity contribution in [3.63, 3.8) is 0 Å². The molecule has 0 aliphatic heterocycles. The van der Waals surface area contributed by atoms with Gasteiger partial charge in [0.15, 0.2) is 0 Å². The maximum atomic E-state index is 10.4. The first-order chi connectivity index (χ1) is 9.09.